The van der Waals surface area contributed by atoms with Crippen LogP contribution in [0.25, 0.3) is 0 Å². The highest BCUT2D eigenvalue weighted by Crippen LogP contribution is 2.26. The minimum absolute atomic E-state index is 0.0423. The highest BCUT2D eigenvalue weighted by Gasteiger charge is 2.19. The Kier molecular flexibility index (Phi) is 5.03. The summed E-state index contributed by atoms with van der Waals surface area (Å²) >= 11 is 6.25. The second-order valence-electron chi connectivity index (χ2n) is 4.26. The van der Waals surface area contributed by atoms with Gasteiger partial charge in [-0.15, -0.1) is 0 Å². The number of benzene rings is 2. The lowest BCUT2D eigenvalue weighted by Gasteiger charge is -2.10. The van der Waals surface area contributed by atoms with Crippen molar-refractivity contribution in [2.24, 2.45) is 0 Å². The molecule has 0 spiro atoms. The molecule has 2 aromatic rings. The van der Waals surface area contributed by atoms with Gasteiger partial charge in [0.15, 0.2) is 0 Å². The van der Waals surface area contributed by atoms with Crippen molar-refractivity contribution >= 4 is 47.6 Å². The Morgan fingerprint density at radius 1 is 1.14 bits per heavy atom. The molecule has 0 saturated carbocycles. The molecule has 2 rings (SSSR count). The average Bonchev–Trinajstić information content (AvgIpc) is 2.42. The van der Waals surface area contributed by atoms with Crippen molar-refractivity contribution in [1.29, 1.82) is 0 Å². The molecule has 0 unspecified atom stereocenters. The van der Waals surface area contributed by atoms with E-state index < -0.39 is 15.8 Å². The van der Waals surface area contributed by atoms with Gasteiger partial charge in [-0.3, -0.25) is 0 Å². The molecule has 2 aromatic carbocycles. The summed E-state index contributed by atoms with van der Waals surface area (Å²) < 4.78 is 41.1. The van der Waals surface area contributed by atoms with E-state index in [1.54, 1.807) is 12.1 Å². The largest absolute Gasteiger partial charge is 0.398 e. The molecule has 0 aromatic heterocycles. The molecule has 0 saturated heterocycles. The summed E-state index contributed by atoms with van der Waals surface area (Å²) in [6.07, 6.45) is 0. The third kappa shape index (κ3) is 4.03. The zero-order valence-corrected chi connectivity index (χ0v) is 14.6. The molecule has 3 N–H and O–H groups in total. The fraction of sp³-hybridized carbons (Fsp3) is 0.0769. The van der Waals surface area contributed by atoms with Gasteiger partial charge in [0.1, 0.15) is 10.7 Å². The van der Waals surface area contributed by atoms with E-state index in [-0.39, 0.29) is 21.6 Å². The predicted octanol–water partition coefficient (Wildman–Crippen LogP) is 3.41. The lowest BCUT2D eigenvalue weighted by molar-refractivity contribution is 0.580. The first-order valence-corrected chi connectivity index (χ1v) is 8.85. The Labute approximate surface area is 138 Å². The molecule has 0 amide bonds. The van der Waals surface area contributed by atoms with Crippen molar-refractivity contribution in [2.75, 3.05) is 5.73 Å². The normalized spacial score (nSPS) is 11.6. The molecule has 21 heavy (non-hydrogen) atoms. The molecular formula is C13H11Br2FN2O2S. The van der Waals surface area contributed by atoms with Gasteiger partial charge in [-0.1, -0.05) is 28.1 Å². The van der Waals surface area contributed by atoms with Crippen LogP contribution in [-0.4, -0.2) is 8.42 Å². The van der Waals surface area contributed by atoms with Gasteiger partial charge in [0.2, 0.25) is 10.0 Å². The van der Waals surface area contributed by atoms with E-state index in [0.29, 0.717) is 0 Å². The van der Waals surface area contributed by atoms with Crippen LogP contribution >= 0.6 is 31.9 Å². The monoisotopic (exact) mass is 436 g/mol. The molecule has 0 bridgehead atoms. The Morgan fingerprint density at radius 3 is 2.38 bits per heavy atom. The van der Waals surface area contributed by atoms with E-state index in [0.717, 1.165) is 22.2 Å². The maximum absolute atomic E-state index is 13.3. The summed E-state index contributed by atoms with van der Waals surface area (Å²) in [5.74, 6) is -0.612. The first kappa shape index (κ1) is 16.4. The quantitative estimate of drug-likeness (QED) is 0.720. The van der Waals surface area contributed by atoms with E-state index in [9.17, 15) is 12.8 Å². The van der Waals surface area contributed by atoms with E-state index in [2.05, 4.69) is 36.6 Å². The van der Waals surface area contributed by atoms with Crippen LogP contribution in [0.2, 0.25) is 0 Å². The predicted molar refractivity (Wildman–Crippen MR) is 86.7 cm³/mol. The van der Waals surface area contributed by atoms with Crippen molar-refractivity contribution in [2.45, 2.75) is 11.4 Å². The molecular weight excluding hydrogens is 427 g/mol. The number of nitrogens with two attached hydrogens (primary N) is 1. The molecule has 0 atom stereocenters. The number of sulfonamides is 1. The first-order chi connectivity index (χ1) is 9.79. The van der Waals surface area contributed by atoms with Crippen molar-refractivity contribution in [3.05, 3.63) is 56.7 Å². The summed E-state index contributed by atoms with van der Waals surface area (Å²) in [7, 11) is -3.82. The third-order valence-corrected chi connectivity index (χ3v) is 5.32. The second kappa shape index (κ2) is 6.43. The minimum atomic E-state index is -3.82. The molecule has 0 aliphatic heterocycles. The van der Waals surface area contributed by atoms with E-state index in [1.165, 1.54) is 0 Å². The van der Waals surface area contributed by atoms with Gasteiger partial charge < -0.3 is 5.73 Å². The van der Waals surface area contributed by atoms with Crippen molar-refractivity contribution in [3.63, 3.8) is 0 Å². The Morgan fingerprint density at radius 2 is 1.76 bits per heavy atom. The molecule has 0 aliphatic carbocycles. The summed E-state index contributed by atoms with van der Waals surface area (Å²) in [4.78, 5) is -0.159. The van der Waals surface area contributed by atoms with E-state index in [1.807, 2.05) is 12.1 Å². The number of anilines is 1. The second-order valence-corrected chi connectivity index (χ2v) is 7.76. The van der Waals surface area contributed by atoms with Gasteiger partial charge in [-0.05, 0) is 45.8 Å². The molecule has 0 fully saturated rings. The van der Waals surface area contributed by atoms with Crippen molar-refractivity contribution in [3.8, 4) is 0 Å². The van der Waals surface area contributed by atoms with Crippen LogP contribution in [0.4, 0.5) is 10.1 Å². The Hall–Kier alpha value is -0.960. The Balaban J connectivity index is 2.22. The van der Waals surface area contributed by atoms with Crippen LogP contribution in [0.1, 0.15) is 5.56 Å². The highest BCUT2D eigenvalue weighted by atomic mass is 79.9. The van der Waals surface area contributed by atoms with E-state index >= 15 is 0 Å². The highest BCUT2D eigenvalue weighted by molar-refractivity contribution is 9.10. The van der Waals surface area contributed by atoms with Crippen molar-refractivity contribution < 1.29 is 12.8 Å². The average molecular weight is 438 g/mol. The summed E-state index contributed by atoms with van der Waals surface area (Å²) in [5.41, 5.74) is 6.23. The fourth-order valence-electron chi connectivity index (χ4n) is 1.64. The van der Waals surface area contributed by atoms with Gasteiger partial charge in [0, 0.05) is 11.0 Å². The minimum Gasteiger partial charge on any atom is -0.398 e. The lowest BCUT2D eigenvalue weighted by Crippen LogP contribution is -2.24. The fourth-order valence-corrected chi connectivity index (χ4v) is 3.55. The number of nitrogens with one attached hydrogen (secondary N) is 1. The molecule has 4 nitrogen and oxygen atoms in total. The number of hydrogen-bond donors (Lipinski definition) is 2. The lowest BCUT2D eigenvalue weighted by atomic mass is 10.2. The maximum atomic E-state index is 13.3. The number of rotatable bonds is 4. The smallest absolute Gasteiger partial charge is 0.242 e. The van der Waals surface area contributed by atoms with Crippen LogP contribution in [-0.2, 0) is 16.6 Å². The topological polar surface area (TPSA) is 72.2 Å². The van der Waals surface area contributed by atoms with Crippen LogP contribution in [0.5, 0.6) is 0 Å². The molecule has 112 valence electrons. The zero-order chi connectivity index (χ0) is 15.6. The summed E-state index contributed by atoms with van der Waals surface area (Å²) in [5, 5.41) is 0. The standard InChI is InChI=1S/C13H11Br2FN2O2S/c14-9-3-1-8(2-4-9)7-18-21(19,20)13-5-10(15)11(16)6-12(13)17/h1-6,18H,7,17H2. The number of halogens is 3. The van der Waals surface area contributed by atoms with Crippen LogP contribution in [0, 0.1) is 5.82 Å². The van der Waals surface area contributed by atoms with Crippen LogP contribution in [0.3, 0.4) is 0 Å². The van der Waals surface area contributed by atoms with Gasteiger partial charge in [0.25, 0.3) is 0 Å². The molecule has 0 aliphatic rings. The molecule has 0 heterocycles. The van der Waals surface area contributed by atoms with Gasteiger partial charge >= 0.3 is 0 Å². The SMILES string of the molecule is Nc1cc(F)c(Br)cc1S(=O)(=O)NCc1ccc(Br)cc1. The van der Waals surface area contributed by atoms with E-state index in [4.69, 9.17) is 5.73 Å². The van der Waals surface area contributed by atoms with Crippen LogP contribution < -0.4 is 10.5 Å². The zero-order valence-electron chi connectivity index (χ0n) is 10.6. The van der Waals surface area contributed by atoms with Crippen molar-refractivity contribution in [1.82, 2.24) is 4.72 Å². The Bertz CT molecular complexity index is 764. The summed E-state index contributed by atoms with van der Waals surface area (Å²) in [6, 6.07) is 9.32. The number of nitrogen functional groups attached to an aromatic ring is 1. The van der Waals surface area contributed by atoms with Gasteiger partial charge in [-0.2, -0.15) is 0 Å². The van der Waals surface area contributed by atoms with Gasteiger partial charge in [-0.25, -0.2) is 17.5 Å². The van der Waals surface area contributed by atoms with Gasteiger partial charge in [0.05, 0.1) is 10.2 Å². The maximum Gasteiger partial charge on any atom is 0.242 e. The summed E-state index contributed by atoms with van der Waals surface area (Å²) in [6.45, 7) is 0.115. The third-order valence-electron chi connectivity index (χ3n) is 2.72. The molecule has 8 heteroatoms. The molecule has 0 radical (unpaired) electrons. The van der Waals surface area contributed by atoms with Crippen LogP contribution in [0.15, 0.2) is 50.2 Å². The first-order valence-electron chi connectivity index (χ1n) is 5.78. The number of hydrogen-bond acceptors (Lipinski definition) is 3.